The topological polar surface area (TPSA) is 50.4 Å². The lowest BCUT2D eigenvalue weighted by Gasteiger charge is -2.19. The molecule has 13 heavy (non-hydrogen) atoms. The largest absolute Gasteiger partial charge is 0.452 e. The Balaban J connectivity index is 3.71. The number of rotatable bonds is 1. The number of hydrogen-bond donors (Lipinski definition) is 2. The number of carbonyl (C=O) groups is 1. The Bertz CT molecular complexity index is 199. The van der Waals surface area contributed by atoms with Gasteiger partial charge in [-0.15, -0.1) is 0 Å². The summed E-state index contributed by atoms with van der Waals surface area (Å²) >= 11 is 4.99. The molecular weight excluding hydrogens is 188 g/mol. The van der Waals surface area contributed by atoms with Crippen molar-refractivity contribution in [2.75, 3.05) is 7.11 Å². The summed E-state index contributed by atoms with van der Waals surface area (Å²) in [7, 11) is 1.30. The third kappa shape index (κ3) is 7.52. The van der Waals surface area contributed by atoms with Crippen LogP contribution in [0.5, 0.6) is 0 Å². The van der Waals surface area contributed by atoms with E-state index in [1.165, 1.54) is 7.11 Å². The van der Waals surface area contributed by atoms with Gasteiger partial charge >= 0.3 is 6.09 Å². The normalized spacial score (nSPS) is 10.5. The highest BCUT2D eigenvalue weighted by Gasteiger charge is 2.13. The van der Waals surface area contributed by atoms with Gasteiger partial charge in [0, 0.05) is 6.42 Å². The minimum atomic E-state index is -0.545. The van der Waals surface area contributed by atoms with Crippen LogP contribution in [0, 0.1) is 5.41 Å². The summed E-state index contributed by atoms with van der Waals surface area (Å²) in [6.45, 7) is 6.21. The maximum atomic E-state index is 10.6. The van der Waals surface area contributed by atoms with Crippen molar-refractivity contribution in [1.82, 2.24) is 10.9 Å². The zero-order valence-corrected chi connectivity index (χ0v) is 9.25. The highest BCUT2D eigenvalue weighted by Crippen LogP contribution is 2.18. The Hall–Kier alpha value is -0.840. The molecule has 0 aromatic carbocycles. The maximum Gasteiger partial charge on any atom is 0.425 e. The number of hydrogen-bond acceptors (Lipinski definition) is 3. The fourth-order valence-electron chi connectivity index (χ4n) is 0.698. The lowest BCUT2D eigenvalue weighted by molar-refractivity contribution is 0.168. The van der Waals surface area contributed by atoms with E-state index in [1.54, 1.807) is 0 Å². The van der Waals surface area contributed by atoms with Crippen molar-refractivity contribution in [3.8, 4) is 0 Å². The molecule has 1 amide bonds. The molecule has 0 rings (SSSR count). The van der Waals surface area contributed by atoms with Gasteiger partial charge in [-0.3, -0.25) is 5.43 Å². The number of amides is 1. The van der Waals surface area contributed by atoms with E-state index < -0.39 is 6.09 Å². The average molecular weight is 204 g/mol. The van der Waals surface area contributed by atoms with Crippen LogP contribution in [0.3, 0.4) is 0 Å². The summed E-state index contributed by atoms with van der Waals surface area (Å²) in [5, 5.41) is 0. The molecule has 0 fully saturated rings. The van der Waals surface area contributed by atoms with Crippen molar-refractivity contribution in [2.24, 2.45) is 5.41 Å². The molecule has 4 nitrogen and oxygen atoms in total. The minimum Gasteiger partial charge on any atom is -0.452 e. The summed E-state index contributed by atoms with van der Waals surface area (Å²) < 4.78 is 4.36. The molecule has 0 spiro atoms. The lowest BCUT2D eigenvalue weighted by atomic mass is 9.92. The van der Waals surface area contributed by atoms with E-state index in [4.69, 9.17) is 12.2 Å². The predicted molar refractivity (Wildman–Crippen MR) is 55.3 cm³/mol. The molecule has 0 heterocycles. The SMILES string of the molecule is COC(=O)NNC(=S)CC(C)(C)C. The molecule has 76 valence electrons. The van der Waals surface area contributed by atoms with Crippen LogP contribution < -0.4 is 10.9 Å². The van der Waals surface area contributed by atoms with Crippen LogP contribution in [-0.4, -0.2) is 18.2 Å². The van der Waals surface area contributed by atoms with Gasteiger partial charge in [0.2, 0.25) is 0 Å². The Morgan fingerprint density at radius 2 is 1.92 bits per heavy atom. The molecule has 0 saturated heterocycles. The molecule has 0 atom stereocenters. The Morgan fingerprint density at radius 3 is 2.31 bits per heavy atom. The number of thiocarbonyl (C=S) groups is 1. The van der Waals surface area contributed by atoms with Gasteiger partial charge in [-0.25, -0.2) is 10.2 Å². The molecule has 5 heteroatoms. The summed E-state index contributed by atoms with van der Waals surface area (Å²) in [5.41, 5.74) is 5.01. The van der Waals surface area contributed by atoms with Gasteiger partial charge in [0.1, 0.15) is 0 Å². The van der Waals surface area contributed by atoms with Crippen molar-refractivity contribution in [3.63, 3.8) is 0 Å². The second-order valence-electron chi connectivity index (χ2n) is 3.90. The van der Waals surface area contributed by atoms with Gasteiger partial charge in [0.15, 0.2) is 0 Å². The van der Waals surface area contributed by atoms with Crippen LogP contribution in [0.15, 0.2) is 0 Å². The second kappa shape index (κ2) is 5.01. The van der Waals surface area contributed by atoms with Crippen molar-refractivity contribution < 1.29 is 9.53 Å². The smallest absolute Gasteiger partial charge is 0.425 e. The molecule has 2 N–H and O–H groups in total. The first kappa shape index (κ1) is 12.2. The van der Waals surface area contributed by atoms with E-state index in [9.17, 15) is 4.79 Å². The van der Waals surface area contributed by atoms with E-state index in [0.717, 1.165) is 0 Å². The summed E-state index contributed by atoms with van der Waals surface area (Å²) in [5.74, 6) is 0. The standard InChI is InChI=1S/C8H16N2O2S/c1-8(2,3)5-6(13)9-10-7(11)12-4/h5H2,1-4H3,(H,9,13)(H,10,11). The number of ether oxygens (including phenoxy) is 1. The third-order valence-corrected chi connectivity index (χ3v) is 1.43. The molecule has 0 aliphatic carbocycles. The van der Waals surface area contributed by atoms with E-state index in [2.05, 4.69) is 36.4 Å². The van der Waals surface area contributed by atoms with E-state index in [0.29, 0.717) is 11.4 Å². The molecule has 0 unspecified atom stereocenters. The zero-order chi connectivity index (χ0) is 10.5. The molecule has 0 saturated carbocycles. The van der Waals surface area contributed by atoms with Crippen LogP contribution in [0.4, 0.5) is 4.79 Å². The number of hydrazine groups is 1. The second-order valence-corrected chi connectivity index (χ2v) is 4.39. The Labute approximate surface area is 84.0 Å². The molecule has 0 aromatic rings. The summed E-state index contributed by atoms with van der Waals surface area (Å²) in [6.07, 6.45) is 0.169. The van der Waals surface area contributed by atoms with Gasteiger partial charge in [-0.1, -0.05) is 33.0 Å². The van der Waals surface area contributed by atoms with Crippen molar-refractivity contribution in [2.45, 2.75) is 27.2 Å². The van der Waals surface area contributed by atoms with Gasteiger partial charge in [-0.05, 0) is 5.41 Å². The number of carbonyl (C=O) groups excluding carboxylic acids is 1. The first-order chi connectivity index (χ1) is 5.85. The van der Waals surface area contributed by atoms with Crippen LogP contribution in [0.1, 0.15) is 27.2 Å². The molecule has 0 aliphatic heterocycles. The Kier molecular flexibility index (Phi) is 4.69. The van der Waals surface area contributed by atoms with Crippen molar-refractivity contribution >= 4 is 23.3 Å². The first-order valence-corrected chi connectivity index (χ1v) is 4.39. The fraction of sp³-hybridized carbons (Fsp3) is 0.750. The third-order valence-electron chi connectivity index (χ3n) is 1.18. The monoisotopic (exact) mass is 204 g/mol. The van der Waals surface area contributed by atoms with Crippen LogP contribution in [-0.2, 0) is 4.74 Å². The zero-order valence-electron chi connectivity index (χ0n) is 8.43. The quantitative estimate of drug-likeness (QED) is 0.503. The van der Waals surface area contributed by atoms with E-state index >= 15 is 0 Å². The first-order valence-electron chi connectivity index (χ1n) is 3.98. The van der Waals surface area contributed by atoms with Crippen LogP contribution >= 0.6 is 12.2 Å². The van der Waals surface area contributed by atoms with Gasteiger partial charge in [0.25, 0.3) is 0 Å². The number of nitrogens with one attached hydrogen (secondary N) is 2. The van der Waals surface area contributed by atoms with Gasteiger partial charge < -0.3 is 4.74 Å². The molecule has 0 radical (unpaired) electrons. The molecular formula is C8H16N2O2S. The highest BCUT2D eigenvalue weighted by atomic mass is 32.1. The number of methoxy groups -OCH3 is 1. The molecule has 0 aromatic heterocycles. The highest BCUT2D eigenvalue weighted by molar-refractivity contribution is 7.80. The van der Waals surface area contributed by atoms with E-state index in [-0.39, 0.29) is 5.41 Å². The average Bonchev–Trinajstić information content (AvgIpc) is 1.97. The molecule has 0 aliphatic rings. The summed E-state index contributed by atoms with van der Waals surface area (Å²) in [6, 6.07) is 0. The minimum absolute atomic E-state index is 0.113. The predicted octanol–water partition coefficient (Wildman–Crippen LogP) is 1.61. The lowest BCUT2D eigenvalue weighted by Crippen LogP contribution is -2.41. The van der Waals surface area contributed by atoms with Crippen LogP contribution in [0.2, 0.25) is 0 Å². The summed E-state index contributed by atoms with van der Waals surface area (Å²) in [4.78, 5) is 11.2. The van der Waals surface area contributed by atoms with E-state index in [1.807, 2.05) is 0 Å². The van der Waals surface area contributed by atoms with Crippen molar-refractivity contribution in [3.05, 3.63) is 0 Å². The Morgan fingerprint density at radius 1 is 1.38 bits per heavy atom. The van der Waals surface area contributed by atoms with Crippen molar-refractivity contribution in [1.29, 1.82) is 0 Å². The van der Waals surface area contributed by atoms with Gasteiger partial charge in [-0.2, -0.15) is 0 Å². The van der Waals surface area contributed by atoms with Gasteiger partial charge in [0.05, 0.1) is 12.1 Å². The van der Waals surface area contributed by atoms with Crippen LogP contribution in [0.25, 0.3) is 0 Å². The fourth-order valence-corrected chi connectivity index (χ4v) is 1.18. The molecule has 0 bridgehead atoms. The maximum absolute atomic E-state index is 10.6.